The fourth-order valence-electron chi connectivity index (χ4n) is 3.34. The van der Waals surface area contributed by atoms with E-state index in [1.807, 2.05) is 12.1 Å². The average Bonchev–Trinajstić information content (AvgIpc) is 2.39. The van der Waals surface area contributed by atoms with Gasteiger partial charge in [-0.05, 0) is 49.1 Å². The fourth-order valence-corrected chi connectivity index (χ4v) is 3.34. The first kappa shape index (κ1) is 12.0. The van der Waals surface area contributed by atoms with Crippen LogP contribution in [0.3, 0.4) is 0 Å². The van der Waals surface area contributed by atoms with Crippen molar-refractivity contribution in [3.63, 3.8) is 0 Å². The van der Waals surface area contributed by atoms with Crippen molar-refractivity contribution in [3.8, 4) is 5.75 Å². The molecule has 0 bridgehead atoms. The summed E-state index contributed by atoms with van der Waals surface area (Å²) < 4.78 is 5.99. The van der Waals surface area contributed by atoms with Crippen molar-refractivity contribution in [1.82, 2.24) is 4.90 Å². The molecule has 1 aromatic rings. The molecule has 3 heteroatoms. The van der Waals surface area contributed by atoms with E-state index in [1.54, 1.807) is 6.07 Å². The molecule has 3 rings (SSSR count). The number of phenols is 1. The first-order valence-corrected chi connectivity index (χ1v) is 6.97. The molecule has 1 aliphatic carbocycles. The number of morpholine rings is 1. The molecule has 1 aliphatic heterocycles. The van der Waals surface area contributed by atoms with Gasteiger partial charge in [-0.3, -0.25) is 4.90 Å². The van der Waals surface area contributed by atoms with Crippen molar-refractivity contribution in [2.45, 2.75) is 38.3 Å². The zero-order valence-electron chi connectivity index (χ0n) is 10.9. The average molecular weight is 246 g/mol. The second-order valence-corrected chi connectivity index (χ2v) is 5.32. The number of aromatic hydroxyl groups is 1. The minimum Gasteiger partial charge on any atom is -0.508 e. The van der Waals surface area contributed by atoms with E-state index < -0.39 is 0 Å². The van der Waals surface area contributed by atoms with Gasteiger partial charge in [-0.1, -0.05) is 13.0 Å². The van der Waals surface area contributed by atoms with Gasteiger partial charge in [0.2, 0.25) is 0 Å². The zero-order chi connectivity index (χ0) is 12.5. The molecule has 0 radical (unpaired) electrons. The van der Waals surface area contributed by atoms with Gasteiger partial charge in [-0.25, -0.2) is 0 Å². The molecule has 1 unspecified atom stereocenters. The quantitative estimate of drug-likeness (QED) is 0.870. The maximum absolute atomic E-state index is 9.68. The van der Waals surface area contributed by atoms with E-state index in [0.29, 0.717) is 11.8 Å². The third-order valence-electron chi connectivity index (χ3n) is 4.15. The molecular formula is C15H21NO2. The van der Waals surface area contributed by atoms with Gasteiger partial charge in [0.1, 0.15) is 5.75 Å². The van der Waals surface area contributed by atoms with E-state index in [1.165, 1.54) is 24.0 Å². The van der Waals surface area contributed by atoms with E-state index in [-0.39, 0.29) is 6.10 Å². The van der Waals surface area contributed by atoms with Crippen molar-refractivity contribution >= 4 is 0 Å². The lowest BCUT2D eigenvalue weighted by Gasteiger charge is -2.44. The van der Waals surface area contributed by atoms with Gasteiger partial charge in [0, 0.05) is 12.6 Å². The Bertz CT molecular complexity index is 431. The van der Waals surface area contributed by atoms with E-state index in [2.05, 4.69) is 11.8 Å². The lowest BCUT2D eigenvalue weighted by atomic mass is 9.81. The fraction of sp³-hybridized carbons (Fsp3) is 0.600. The molecule has 1 saturated heterocycles. The van der Waals surface area contributed by atoms with Crippen molar-refractivity contribution < 1.29 is 9.84 Å². The van der Waals surface area contributed by atoms with Crippen LogP contribution in [-0.2, 0) is 11.2 Å². The second kappa shape index (κ2) is 4.90. The maximum Gasteiger partial charge on any atom is 0.115 e. The van der Waals surface area contributed by atoms with Crippen LogP contribution in [0, 0.1) is 0 Å². The van der Waals surface area contributed by atoms with Crippen LogP contribution in [0.25, 0.3) is 0 Å². The lowest BCUT2D eigenvalue weighted by Crippen LogP contribution is -2.49. The Balaban J connectivity index is 1.91. The Morgan fingerprint density at radius 2 is 2.33 bits per heavy atom. The minimum atomic E-state index is 0.154. The Kier molecular flexibility index (Phi) is 3.27. The predicted molar refractivity (Wildman–Crippen MR) is 70.8 cm³/mol. The van der Waals surface area contributed by atoms with Crippen LogP contribution in [0.15, 0.2) is 18.2 Å². The summed E-state index contributed by atoms with van der Waals surface area (Å²) in [5, 5.41) is 9.68. The Morgan fingerprint density at radius 1 is 1.44 bits per heavy atom. The van der Waals surface area contributed by atoms with Crippen LogP contribution in [0.2, 0.25) is 0 Å². The van der Waals surface area contributed by atoms with E-state index in [9.17, 15) is 5.11 Å². The number of phenolic OH excluding ortho intramolecular Hbond substituents is 1. The maximum atomic E-state index is 9.68. The highest BCUT2D eigenvalue weighted by Crippen LogP contribution is 2.39. The summed E-state index contributed by atoms with van der Waals surface area (Å²) in [4.78, 5) is 2.56. The molecule has 1 N–H and O–H groups in total. The number of aryl methyl sites for hydroxylation is 1. The highest BCUT2D eigenvalue weighted by molar-refractivity contribution is 5.39. The summed E-state index contributed by atoms with van der Waals surface area (Å²) in [7, 11) is 0. The monoisotopic (exact) mass is 246 g/mol. The van der Waals surface area contributed by atoms with Crippen molar-refractivity contribution in [1.29, 1.82) is 0 Å². The Morgan fingerprint density at radius 3 is 3.17 bits per heavy atom. The minimum absolute atomic E-state index is 0.154. The Labute approximate surface area is 108 Å². The number of fused-ring (bicyclic) bond motifs is 3. The highest BCUT2D eigenvalue weighted by atomic mass is 16.5. The number of benzene rings is 1. The van der Waals surface area contributed by atoms with Crippen molar-refractivity contribution in [2.24, 2.45) is 0 Å². The van der Waals surface area contributed by atoms with Crippen LogP contribution >= 0.6 is 0 Å². The molecule has 2 atom stereocenters. The zero-order valence-corrected chi connectivity index (χ0v) is 10.9. The molecule has 1 aromatic carbocycles. The van der Waals surface area contributed by atoms with E-state index in [0.717, 1.165) is 26.1 Å². The molecule has 1 heterocycles. The number of hydrogen-bond acceptors (Lipinski definition) is 3. The molecule has 1 fully saturated rings. The predicted octanol–water partition coefficient (Wildman–Crippen LogP) is 2.49. The largest absolute Gasteiger partial charge is 0.508 e. The number of nitrogens with zero attached hydrogens (tertiary/aromatic N) is 1. The van der Waals surface area contributed by atoms with E-state index >= 15 is 0 Å². The molecule has 0 amide bonds. The van der Waals surface area contributed by atoms with Crippen LogP contribution in [0.5, 0.6) is 5.75 Å². The third kappa shape index (κ3) is 2.02. The SMILES string of the molecule is CC[11CH2]N1CCO[C@@H]2c3cc(O)ccc3CCC21. The third-order valence-corrected chi connectivity index (χ3v) is 4.15. The number of ether oxygens (including phenoxy) is 1. The molecule has 98 valence electrons. The lowest BCUT2D eigenvalue weighted by molar-refractivity contribution is -0.0801. The second-order valence-electron chi connectivity index (χ2n) is 5.32. The van der Waals surface area contributed by atoms with Gasteiger partial charge in [0.05, 0.1) is 12.7 Å². The highest BCUT2D eigenvalue weighted by Gasteiger charge is 2.36. The van der Waals surface area contributed by atoms with Gasteiger partial charge in [0.15, 0.2) is 0 Å². The topological polar surface area (TPSA) is 32.7 Å². The van der Waals surface area contributed by atoms with Gasteiger partial charge < -0.3 is 9.84 Å². The van der Waals surface area contributed by atoms with Crippen molar-refractivity contribution in [2.75, 3.05) is 19.7 Å². The molecule has 3 nitrogen and oxygen atoms in total. The summed E-state index contributed by atoms with van der Waals surface area (Å²) in [6.07, 6.45) is 3.61. The van der Waals surface area contributed by atoms with Crippen molar-refractivity contribution in [3.05, 3.63) is 29.3 Å². The summed E-state index contributed by atoms with van der Waals surface area (Å²) in [6.45, 7) is 5.23. The normalized spacial score (nSPS) is 27.6. The van der Waals surface area contributed by atoms with Gasteiger partial charge in [0.25, 0.3) is 0 Å². The molecule has 2 aliphatic rings. The van der Waals surface area contributed by atoms with E-state index in [4.69, 9.17) is 4.74 Å². The molecule has 0 saturated carbocycles. The summed E-state index contributed by atoms with van der Waals surface area (Å²) in [6, 6.07) is 6.21. The van der Waals surface area contributed by atoms with Gasteiger partial charge in [-0.15, -0.1) is 0 Å². The van der Waals surface area contributed by atoms with Crippen LogP contribution in [0.4, 0.5) is 0 Å². The Hall–Kier alpha value is -1.06. The summed E-state index contributed by atoms with van der Waals surface area (Å²) in [5.74, 6) is 0.352. The molecule has 0 spiro atoms. The van der Waals surface area contributed by atoms with Crippen LogP contribution < -0.4 is 0 Å². The van der Waals surface area contributed by atoms with Gasteiger partial charge >= 0.3 is 0 Å². The summed E-state index contributed by atoms with van der Waals surface area (Å²) >= 11 is 0. The first-order valence-electron chi connectivity index (χ1n) is 6.97. The number of hydrogen-bond donors (Lipinski definition) is 1. The molecular weight excluding hydrogens is 225 g/mol. The van der Waals surface area contributed by atoms with Gasteiger partial charge in [-0.2, -0.15) is 0 Å². The first-order chi connectivity index (χ1) is 8.79. The standard InChI is InChI=1S/C15H21NO2/c1-2-7-16-8-9-18-15-13-10-12(17)5-3-11(13)4-6-14(15)16/h3,5,10,14-15,17H,2,4,6-9H2,1H3/t14?,15-/m1/s1/i7-1. The summed E-state index contributed by atoms with van der Waals surface area (Å²) in [5.41, 5.74) is 2.54. The van der Waals surface area contributed by atoms with Crippen LogP contribution in [-0.4, -0.2) is 35.7 Å². The van der Waals surface area contributed by atoms with Crippen LogP contribution in [0.1, 0.15) is 37.0 Å². The molecule has 0 aromatic heterocycles. The number of rotatable bonds is 2. The smallest absolute Gasteiger partial charge is 0.115 e. The molecule has 18 heavy (non-hydrogen) atoms.